The van der Waals surface area contributed by atoms with Crippen molar-refractivity contribution in [3.05, 3.63) is 22.4 Å². The molecule has 0 saturated heterocycles. The fourth-order valence-electron chi connectivity index (χ4n) is 0.483. The van der Waals surface area contributed by atoms with Gasteiger partial charge in [-0.25, -0.2) is 0 Å². The quantitative estimate of drug-likeness (QED) is 0.617. The molecule has 0 fully saturated rings. The van der Waals surface area contributed by atoms with Gasteiger partial charge in [0.2, 0.25) is 0 Å². The lowest BCUT2D eigenvalue weighted by atomic mass is 10.4. The molecule has 1 aromatic rings. The minimum absolute atomic E-state index is 0.0405. The van der Waals surface area contributed by atoms with Crippen LogP contribution in [0.1, 0.15) is 9.67 Å². The van der Waals surface area contributed by atoms with E-state index in [2.05, 4.69) is 11.4 Å². The van der Waals surface area contributed by atoms with Gasteiger partial charge in [0.1, 0.15) is 0 Å². The van der Waals surface area contributed by atoms with Gasteiger partial charge in [-0.1, -0.05) is 0 Å². The van der Waals surface area contributed by atoms with Crippen molar-refractivity contribution in [1.82, 2.24) is 5.32 Å². The van der Waals surface area contributed by atoms with Gasteiger partial charge in [-0.3, -0.25) is 4.79 Å². The molecule has 0 aromatic carbocycles. The van der Waals surface area contributed by atoms with Gasteiger partial charge in [-0.15, -0.1) is 11.3 Å². The lowest BCUT2D eigenvalue weighted by Crippen LogP contribution is -2.15. The van der Waals surface area contributed by atoms with Crippen molar-refractivity contribution in [2.24, 2.45) is 0 Å². The average Bonchev–Trinajstić information content (AvgIpc) is 2.37. The summed E-state index contributed by atoms with van der Waals surface area (Å²) in [4.78, 5) is 11.5. The molecule has 1 N–H and O–H groups in total. The molecule has 1 amide bonds. The molecule has 0 saturated carbocycles. The molecule has 0 aliphatic rings. The second-order valence-corrected chi connectivity index (χ2v) is 2.40. The molecule has 0 aliphatic carbocycles. The monoisotopic (exact) mass is 140 g/mol. The van der Waals surface area contributed by atoms with Gasteiger partial charge >= 0.3 is 0 Å². The first-order chi connectivity index (χ1) is 4.34. The van der Waals surface area contributed by atoms with Crippen molar-refractivity contribution in [2.45, 2.75) is 0 Å². The van der Waals surface area contributed by atoms with Crippen molar-refractivity contribution in [3.8, 4) is 0 Å². The summed E-state index contributed by atoms with van der Waals surface area (Å²) in [6, 6.07) is 4.47. The van der Waals surface area contributed by atoms with Gasteiger partial charge in [0.25, 0.3) is 5.91 Å². The number of rotatable bonds is 1. The molecular weight excluding hydrogens is 134 g/mol. The summed E-state index contributed by atoms with van der Waals surface area (Å²) in [6.07, 6.45) is 0. The molecule has 3 heteroatoms. The zero-order chi connectivity index (χ0) is 6.69. The Morgan fingerprint density at radius 1 is 1.89 bits per heavy atom. The maximum atomic E-state index is 10.8. The van der Waals surface area contributed by atoms with Crippen LogP contribution in [0.15, 0.2) is 11.4 Å². The fourth-order valence-corrected chi connectivity index (χ4v) is 1.09. The largest absolute Gasteiger partial charge is 0.354 e. The number of thiophene rings is 1. The number of carbonyl (C=O) groups excluding carboxylic acids is 1. The van der Waals surface area contributed by atoms with Crippen molar-refractivity contribution >= 4 is 17.2 Å². The van der Waals surface area contributed by atoms with E-state index in [1.165, 1.54) is 11.3 Å². The first-order valence-corrected chi connectivity index (χ1v) is 3.39. The molecule has 2 nitrogen and oxygen atoms in total. The standard InChI is InChI=1S/C6H6NOS/c1-7-6(8)5-3-2-4-9-5/h3-4H,1H3,(H,7,8). The topological polar surface area (TPSA) is 29.1 Å². The molecule has 1 heterocycles. The molecule has 9 heavy (non-hydrogen) atoms. The Bertz CT molecular complexity index is 193. The first kappa shape index (κ1) is 6.29. The molecular formula is C6H6NOS. The maximum Gasteiger partial charge on any atom is 0.261 e. The minimum Gasteiger partial charge on any atom is -0.354 e. The second kappa shape index (κ2) is 2.64. The van der Waals surface area contributed by atoms with E-state index in [4.69, 9.17) is 0 Å². The highest BCUT2D eigenvalue weighted by Crippen LogP contribution is 2.06. The molecule has 1 aromatic heterocycles. The lowest BCUT2D eigenvalue weighted by molar-refractivity contribution is 0.0967. The molecule has 1 radical (unpaired) electrons. The Morgan fingerprint density at radius 3 is 3.11 bits per heavy atom. The highest BCUT2D eigenvalue weighted by Gasteiger charge is 2.00. The Morgan fingerprint density at radius 2 is 2.67 bits per heavy atom. The van der Waals surface area contributed by atoms with E-state index in [-0.39, 0.29) is 5.91 Å². The average molecular weight is 140 g/mol. The minimum atomic E-state index is -0.0405. The van der Waals surface area contributed by atoms with E-state index in [1.807, 2.05) is 0 Å². The molecule has 1 rings (SSSR count). The summed E-state index contributed by atoms with van der Waals surface area (Å²) in [7, 11) is 1.61. The van der Waals surface area contributed by atoms with Gasteiger partial charge in [-0.2, -0.15) is 0 Å². The number of carbonyl (C=O) groups is 1. The van der Waals surface area contributed by atoms with E-state index in [1.54, 1.807) is 18.5 Å². The van der Waals surface area contributed by atoms with E-state index in [0.717, 1.165) is 0 Å². The number of hydrogen-bond donors (Lipinski definition) is 1. The molecule has 0 bridgehead atoms. The summed E-state index contributed by atoms with van der Waals surface area (Å²) in [5, 5.41) is 4.27. The van der Waals surface area contributed by atoms with Crippen LogP contribution in [-0.4, -0.2) is 13.0 Å². The van der Waals surface area contributed by atoms with Crippen LogP contribution in [0.4, 0.5) is 0 Å². The molecule has 0 spiro atoms. The Kier molecular flexibility index (Phi) is 1.85. The van der Waals surface area contributed by atoms with Crippen LogP contribution in [0, 0.1) is 6.07 Å². The van der Waals surface area contributed by atoms with Crippen LogP contribution in [0.25, 0.3) is 0 Å². The van der Waals surface area contributed by atoms with Gasteiger partial charge in [0.15, 0.2) is 0 Å². The normalized spacial score (nSPS) is 9.00. The van der Waals surface area contributed by atoms with Crippen LogP contribution in [0.3, 0.4) is 0 Å². The molecule has 0 unspecified atom stereocenters. The smallest absolute Gasteiger partial charge is 0.261 e. The summed E-state index contributed by atoms with van der Waals surface area (Å²) in [6.45, 7) is 0. The Labute approximate surface area is 57.5 Å². The van der Waals surface area contributed by atoms with Crippen LogP contribution in [0.2, 0.25) is 0 Å². The van der Waals surface area contributed by atoms with Crippen molar-refractivity contribution < 1.29 is 4.79 Å². The summed E-state index contributed by atoms with van der Waals surface area (Å²) >= 11 is 1.39. The molecule has 0 aliphatic heterocycles. The summed E-state index contributed by atoms with van der Waals surface area (Å²) in [5.74, 6) is -0.0405. The van der Waals surface area contributed by atoms with Gasteiger partial charge in [-0.05, 0) is 17.5 Å². The number of amides is 1. The molecule has 47 valence electrons. The van der Waals surface area contributed by atoms with E-state index in [0.29, 0.717) is 4.88 Å². The zero-order valence-electron chi connectivity index (χ0n) is 4.97. The lowest BCUT2D eigenvalue weighted by Gasteiger charge is -1.90. The predicted molar refractivity (Wildman–Crippen MR) is 36.5 cm³/mol. The van der Waals surface area contributed by atoms with Crippen molar-refractivity contribution in [1.29, 1.82) is 0 Å². The second-order valence-electron chi connectivity index (χ2n) is 1.49. The van der Waals surface area contributed by atoms with Gasteiger partial charge in [0.05, 0.1) is 4.88 Å². The maximum absolute atomic E-state index is 10.8. The van der Waals surface area contributed by atoms with Crippen LogP contribution < -0.4 is 5.32 Å². The van der Waals surface area contributed by atoms with Gasteiger partial charge in [0, 0.05) is 7.05 Å². The zero-order valence-corrected chi connectivity index (χ0v) is 5.79. The van der Waals surface area contributed by atoms with Crippen LogP contribution in [0.5, 0.6) is 0 Å². The third-order valence-corrected chi connectivity index (χ3v) is 1.73. The fraction of sp³-hybridized carbons (Fsp3) is 0.167. The summed E-state index contributed by atoms with van der Waals surface area (Å²) < 4.78 is 0. The number of hydrogen-bond acceptors (Lipinski definition) is 2. The highest BCUT2D eigenvalue weighted by atomic mass is 32.1. The predicted octanol–water partition coefficient (Wildman–Crippen LogP) is 0.908. The third-order valence-electron chi connectivity index (χ3n) is 0.919. The van der Waals surface area contributed by atoms with E-state index >= 15 is 0 Å². The SMILES string of the molecule is CNC(=O)c1c[c]cs1. The van der Waals surface area contributed by atoms with Crippen LogP contribution >= 0.6 is 11.3 Å². The molecule has 0 atom stereocenters. The third kappa shape index (κ3) is 1.29. The summed E-state index contributed by atoms with van der Waals surface area (Å²) in [5.41, 5.74) is 0. The first-order valence-electron chi connectivity index (χ1n) is 2.51. The van der Waals surface area contributed by atoms with E-state index < -0.39 is 0 Å². The van der Waals surface area contributed by atoms with Crippen molar-refractivity contribution in [2.75, 3.05) is 7.05 Å². The number of nitrogens with one attached hydrogen (secondary N) is 1. The van der Waals surface area contributed by atoms with Gasteiger partial charge < -0.3 is 5.32 Å². The van der Waals surface area contributed by atoms with E-state index in [9.17, 15) is 4.79 Å². The Balaban J connectivity index is 2.77. The van der Waals surface area contributed by atoms with Crippen LogP contribution in [-0.2, 0) is 0 Å². The highest BCUT2D eigenvalue weighted by molar-refractivity contribution is 7.12. The Hall–Kier alpha value is -0.830. The van der Waals surface area contributed by atoms with Crippen molar-refractivity contribution in [3.63, 3.8) is 0 Å².